The van der Waals surface area contributed by atoms with Crippen LogP contribution in [0.5, 0.6) is 0 Å². The number of nitrogens with zero attached hydrogens (tertiary/aromatic N) is 2. The maximum atomic E-state index is 11.4. The van der Waals surface area contributed by atoms with E-state index >= 15 is 0 Å². The van der Waals surface area contributed by atoms with Gasteiger partial charge in [-0.05, 0) is 40.0 Å². The Morgan fingerprint density at radius 3 is 2.62 bits per heavy atom. The molecule has 1 amide bonds. The molecular formula is C14H23N3O4. The SMILES string of the molecule is CC(C)(C)OC(=O)NCCCCCOC(=O)n1ccnc1. The highest BCUT2D eigenvalue weighted by Crippen LogP contribution is 2.06. The summed E-state index contributed by atoms with van der Waals surface area (Å²) in [5.41, 5.74) is -0.481. The van der Waals surface area contributed by atoms with Gasteiger partial charge in [0.25, 0.3) is 0 Å². The molecule has 0 unspecified atom stereocenters. The van der Waals surface area contributed by atoms with Crippen LogP contribution in [0.25, 0.3) is 0 Å². The van der Waals surface area contributed by atoms with Crippen LogP contribution < -0.4 is 5.32 Å². The fourth-order valence-electron chi connectivity index (χ4n) is 1.51. The van der Waals surface area contributed by atoms with Gasteiger partial charge in [-0.25, -0.2) is 19.1 Å². The Hall–Kier alpha value is -2.05. The molecule has 1 N–H and O–H groups in total. The highest BCUT2D eigenvalue weighted by atomic mass is 16.6. The Labute approximate surface area is 124 Å². The largest absolute Gasteiger partial charge is 0.449 e. The van der Waals surface area contributed by atoms with Gasteiger partial charge in [0.2, 0.25) is 0 Å². The van der Waals surface area contributed by atoms with Gasteiger partial charge in [0.1, 0.15) is 11.9 Å². The predicted octanol–water partition coefficient (Wildman–Crippen LogP) is 2.56. The van der Waals surface area contributed by atoms with Crippen LogP contribution in [0.2, 0.25) is 0 Å². The average Bonchev–Trinajstić information content (AvgIpc) is 2.89. The summed E-state index contributed by atoms with van der Waals surface area (Å²) in [6, 6.07) is 0. The molecule has 0 atom stereocenters. The van der Waals surface area contributed by atoms with Gasteiger partial charge in [-0.2, -0.15) is 0 Å². The Balaban J connectivity index is 1.98. The van der Waals surface area contributed by atoms with Crippen molar-refractivity contribution in [3.63, 3.8) is 0 Å². The smallest absolute Gasteiger partial charge is 0.419 e. The average molecular weight is 297 g/mol. The maximum absolute atomic E-state index is 11.4. The van der Waals surface area contributed by atoms with Crippen LogP contribution in [-0.4, -0.2) is 40.5 Å². The highest BCUT2D eigenvalue weighted by Gasteiger charge is 2.15. The number of imidazole rings is 1. The number of carbonyl (C=O) groups is 2. The molecule has 0 aliphatic heterocycles. The topological polar surface area (TPSA) is 82.5 Å². The summed E-state index contributed by atoms with van der Waals surface area (Å²) in [6.45, 7) is 6.36. The molecule has 0 aliphatic rings. The van der Waals surface area contributed by atoms with E-state index in [0.717, 1.165) is 19.3 Å². The molecule has 1 aromatic rings. The lowest BCUT2D eigenvalue weighted by atomic mass is 10.2. The molecule has 0 saturated carbocycles. The highest BCUT2D eigenvalue weighted by molar-refractivity contribution is 5.69. The van der Waals surface area contributed by atoms with Crippen LogP contribution in [0, 0.1) is 0 Å². The van der Waals surface area contributed by atoms with Crippen molar-refractivity contribution in [3.8, 4) is 0 Å². The van der Waals surface area contributed by atoms with E-state index in [-0.39, 0.29) is 0 Å². The summed E-state index contributed by atoms with van der Waals surface area (Å²) in [6.07, 6.45) is 6.02. The molecule has 7 heteroatoms. The first kappa shape index (κ1) is 17.0. The molecule has 0 aliphatic carbocycles. The Morgan fingerprint density at radius 1 is 1.24 bits per heavy atom. The lowest BCUT2D eigenvalue weighted by Crippen LogP contribution is -2.33. The quantitative estimate of drug-likeness (QED) is 0.816. The summed E-state index contributed by atoms with van der Waals surface area (Å²) < 4.78 is 11.4. The van der Waals surface area contributed by atoms with Crippen molar-refractivity contribution in [2.45, 2.75) is 45.6 Å². The number of hydrogen-bond acceptors (Lipinski definition) is 5. The Bertz CT molecular complexity index is 438. The number of ether oxygens (including phenoxy) is 2. The number of hydrogen-bond donors (Lipinski definition) is 1. The van der Waals surface area contributed by atoms with E-state index in [1.165, 1.54) is 23.3 Å². The number of unbranched alkanes of at least 4 members (excludes halogenated alkanes) is 2. The normalized spacial score (nSPS) is 11.0. The van der Waals surface area contributed by atoms with Gasteiger partial charge in [-0.3, -0.25) is 0 Å². The van der Waals surface area contributed by atoms with E-state index in [0.29, 0.717) is 13.2 Å². The van der Waals surface area contributed by atoms with E-state index in [4.69, 9.17) is 9.47 Å². The molecule has 7 nitrogen and oxygen atoms in total. The van der Waals surface area contributed by atoms with Crippen molar-refractivity contribution in [2.24, 2.45) is 0 Å². The first-order valence-corrected chi connectivity index (χ1v) is 7.00. The standard InChI is InChI=1S/C14H23N3O4/c1-14(2,3)21-12(18)16-7-5-4-6-10-20-13(19)17-9-8-15-11-17/h8-9,11H,4-7,10H2,1-3H3,(H,16,18). The molecule has 0 spiro atoms. The van der Waals surface area contributed by atoms with E-state index in [2.05, 4.69) is 10.3 Å². The molecule has 1 heterocycles. The summed E-state index contributed by atoms with van der Waals surface area (Å²) >= 11 is 0. The van der Waals surface area contributed by atoms with Gasteiger partial charge in [0, 0.05) is 18.9 Å². The molecular weight excluding hydrogens is 274 g/mol. The van der Waals surface area contributed by atoms with Gasteiger partial charge in [0.15, 0.2) is 0 Å². The summed E-state index contributed by atoms with van der Waals surface area (Å²) in [5.74, 6) is 0. The molecule has 0 aromatic carbocycles. The third-order valence-electron chi connectivity index (χ3n) is 2.43. The van der Waals surface area contributed by atoms with Crippen molar-refractivity contribution in [3.05, 3.63) is 18.7 Å². The second-order valence-corrected chi connectivity index (χ2v) is 5.57. The maximum Gasteiger partial charge on any atom is 0.419 e. The van der Waals surface area contributed by atoms with E-state index < -0.39 is 17.8 Å². The fraction of sp³-hybridized carbons (Fsp3) is 0.643. The zero-order valence-electron chi connectivity index (χ0n) is 12.8. The first-order chi connectivity index (χ1) is 9.88. The van der Waals surface area contributed by atoms with Crippen LogP contribution in [0.1, 0.15) is 40.0 Å². The minimum absolute atomic E-state index is 0.351. The number of carbonyl (C=O) groups excluding carboxylic acids is 2. The number of nitrogens with one attached hydrogen (secondary N) is 1. The van der Waals surface area contributed by atoms with Crippen molar-refractivity contribution >= 4 is 12.2 Å². The number of aromatic nitrogens is 2. The van der Waals surface area contributed by atoms with Crippen LogP contribution >= 0.6 is 0 Å². The van der Waals surface area contributed by atoms with Gasteiger partial charge < -0.3 is 14.8 Å². The van der Waals surface area contributed by atoms with Crippen LogP contribution in [0.15, 0.2) is 18.7 Å². The van der Waals surface area contributed by atoms with Gasteiger partial charge in [-0.1, -0.05) is 0 Å². The number of rotatable bonds is 6. The minimum atomic E-state index is -0.481. The first-order valence-electron chi connectivity index (χ1n) is 7.00. The summed E-state index contributed by atoms with van der Waals surface area (Å²) in [5, 5.41) is 2.68. The third kappa shape index (κ3) is 7.96. The minimum Gasteiger partial charge on any atom is -0.449 e. The van der Waals surface area contributed by atoms with Crippen molar-refractivity contribution in [2.75, 3.05) is 13.2 Å². The monoisotopic (exact) mass is 297 g/mol. The van der Waals surface area contributed by atoms with Gasteiger partial charge >= 0.3 is 12.2 Å². The molecule has 21 heavy (non-hydrogen) atoms. The molecule has 0 saturated heterocycles. The molecule has 1 rings (SSSR count). The van der Waals surface area contributed by atoms with Crippen LogP contribution in [0.4, 0.5) is 9.59 Å². The third-order valence-corrected chi connectivity index (χ3v) is 2.43. The van der Waals surface area contributed by atoms with Gasteiger partial charge in [-0.15, -0.1) is 0 Å². The molecule has 0 bridgehead atoms. The summed E-state index contributed by atoms with van der Waals surface area (Å²) in [4.78, 5) is 26.6. The lowest BCUT2D eigenvalue weighted by Gasteiger charge is -2.19. The number of amides is 1. The second kappa shape index (κ2) is 8.28. The second-order valence-electron chi connectivity index (χ2n) is 5.57. The van der Waals surface area contributed by atoms with Crippen molar-refractivity contribution in [1.82, 2.24) is 14.9 Å². The van der Waals surface area contributed by atoms with Gasteiger partial charge in [0.05, 0.1) is 6.61 Å². The Kier molecular flexibility index (Phi) is 6.71. The zero-order valence-corrected chi connectivity index (χ0v) is 12.8. The zero-order chi connectivity index (χ0) is 15.7. The Morgan fingerprint density at radius 2 is 2.00 bits per heavy atom. The molecule has 1 aromatic heterocycles. The molecule has 118 valence electrons. The number of alkyl carbamates (subject to hydrolysis) is 1. The van der Waals surface area contributed by atoms with Crippen LogP contribution in [-0.2, 0) is 9.47 Å². The van der Waals surface area contributed by atoms with E-state index in [1.807, 2.05) is 20.8 Å². The van der Waals surface area contributed by atoms with E-state index in [9.17, 15) is 9.59 Å². The van der Waals surface area contributed by atoms with E-state index in [1.54, 1.807) is 0 Å². The van der Waals surface area contributed by atoms with Crippen molar-refractivity contribution in [1.29, 1.82) is 0 Å². The summed E-state index contributed by atoms with van der Waals surface area (Å²) in [7, 11) is 0. The molecule has 0 radical (unpaired) electrons. The fourth-order valence-corrected chi connectivity index (χ4v) is 1.51. The predicted molar refractivity (Wildman–Crippen MR) is 77.1 cm³/mol. The van der Waals surface area contributed by atoms with Crippen molar-refractivity contribution < 1.29 is 19.1 Å². The van der Waals surface area contributed by atoms with Crippen LogP contribution in [0.3, 0.4) is 0 Å². The molecule has 0 fully saturated rings. The lowest BCUT2D eigenvalue weighted by molar-refractivity contribution is 0.0527.